The molecule has 0 unspecified atom stereocenters. The number of aliphatic carboxylic acids is 1. The molecule has 0 bridgehead atoms. The van der Waals surface area contributed by atoms with Crippen molar-refractivity contribution in [3.63, 3.8) is 0 Å². The summed E-state index contributed by atoms with van der Waals surface area (Å²) in [5.74, 6) is -2.20. The summed E-state index contributed by atoms with van der Waals surface area (Å²) in [5, 5.41) is 15.5. The summed E-state index contributed by atoms with van der Waals surface area (Å²) in [7, 11) is 0. The number of hydrogen-bond acceptors (Lipinski definition) is 2. The molecule has 0 heterocycles. The van der Waals surface area contributed by atoms with Gasteiger partial charge < -0.3 is 11.6 Å². The van der Waals surface area contributed by atoms with Gasteiger partial charge in [-0.3, -0.25) is 0 Å². The van der Waals surface area contributed by atoms with Crippen LogP contribution < -0.4 is 51.4 Å². The van der Waals surface area contributed by atoms with Crippen LogP contribution in [-0.2, 0) is 4.79 Å². The van der Waals surface area contributed by atoms with Crippen LogP contribution in [-0.4, -0.2) is 16.2 Å². The molecule has 0 saturated heterocycles. The van der Waals surface area contributed by atoms with E-state index < -0.39 is 11.7 Å². The van der Waals surface area contributed by atoms with Gasteiger partial charge in [0.15, 0.2) is 5.76 Å². The summed E-state index contributed by atoms with van der Waals surface area (Å²) in [6, 6.07) is 0. The van der Waals surface area contributed by atoms with E-state index in [2.05, 4.69) is 6.58 Å². The van der Waals surface area contributed by atoms with E-state index in [1.165, 1.54) is 0 Å². The van der Waals surface area contributed by atoms with Gasteiger partial charge in [0.25, 0.3) is 0 Å². The SMILES string of the molecule is C=C(O)C(=O)O.[H-].[K+]. The average Bonchev–Trinajstić information content (AvgIpc) is 1.36. The normalized spacial score (nSPS) is 6.29. The summed E-state index contributed by atoms with van der Waals surface area (Å²) in [5.41, 5.74) is 0. The molecule has 0 aromatic heterocycles. The van der Waals surface area contributed by atoms with Crippen LogP contribution in [0.25, 0.3) is 0 Å². The molecular weight excluding hydrogens is 123 g/mol. The molecule has 0 aliphatic rings. The molecule has 3 nitrogen and oxygen atoms in total. The summed E-state index contributed by atoms with van der Waals surface area (Å²) >= 11 is 0. The van der Waals surface area contributed by atoms with Crippen molar-refractivity contribution in [3.8, 4) is 0 Å². The van der Waals surface area contributed by atoms with Gasteiger partial charge in [-0.1, -0.05) is 0 Å². The van der Waals surface area contributed by atoms with Gasteiger partial charge in [-0.15, -0.1) is 0 Å². The molecule has 7 heavy (non-hydrogen) atoms. The second-order valence-corrected chi connectivity index (χ2v) is 0.752. The molecule has 0 rings (SSSR count). The van der Waals surface area contributed by atoms with Crippen LogP contribution in [0.1, 0.15) is 1.43 Å². The first kappa shape index (κ1) is 10.6. The van der Waals surface area contributed by atoms with Crippen LogP contribution in [0, 0.1) is 0 Å². The Morgan fingerprint density at radius 1 is 1.57 bits per heavy atom. The minimum Gasteiger partial charge on any atom is -1.00 e. The van der Waals surface area contributed by atoms with Crippen molar-refractivity contribution in [1.82, 2.24) is 0 Å². The number of aliphatic hydroxyl groups is 1. The molecule has 0 fully saturated rings. The number of carbonyl (C=O) groups is 1. The molecule has 0 amide bonds. The minimum atomic E-state index is -1.38. The summed E-state index contributed by atoms with van der Waals surface area (Å²) in [6.07, 6.45) is 0. The van der Waals surface area contributed by atoms with Gasteiger partial charge in [-0.25, -0.2) is 4.79 Å². The van der Waals surface area contributed by atoms with Crippen molar-refractivity contribution in [2.45, 2.75) is 0 Å². The molecular formula is C3H5KO3. The molecule has 36 valence electrons. The van der Waals surface area contributed by atoms with E-state index in [4.69, 9.17) is 10.2 Å². The monoisotopic (exact) mass is 128 g/mol. The second-order valence-electron chi connectivity index (χ2n) is 0.752. The number of carboxylic acid groups (broad SMARTS) is 1. The fraction of sp³-hybridized carbons (Fsp3) is 0. The van der Waals surface area contributed by atoms with Gasteiger partial charge in [-0.2, -0.15) is 0 Å². The van der Waals surface area contributed by atoms with Gasteiger partial charge >= 0.3 is 57.4 Å². The van der Waals surface area contributed by atoms with Crippen molar-refractivity contribution in [3.05, 3.63) is 12.3 Å². The van der Waals surface area contributed by atoms with E-state index in [0.717, 1.165) is 0 Å². The number of aliphatic hydroxyl groups excluding tert-OH is 1. The molecule has 0 saturated carbocycles. The molecule has 0 aliphatic heterocycles. The molecule has 0 aromatic carbocycles. The summed E-state index contributed by atoms with van der Waals surface area (Å²) in [4.78, 5) is 9.35. The first-order valence-electron chi connectivity index (χ1n) is 1.25. The smallest absolute Gasteiger partial charge is 1.00 e. The van der Waals surface area contributed by atoms with Crippen molar-refractivity contribution < 1.29 is 67.8 Å². The molecule has 0 spiro atoms. The van der Waals surface area contributed by atoms with Gasteiger partial charge in [0, 0.05) is 0 Å². The zero-order chi connectivity index (χ0) is 5.15. The summed E-state index contributed by atoms with van der Waals surface area (Å²) < 4.78 is 0. The standard InChI is InChI=1S/C3H4O3.K.H/c1-2(4)3(5)6;;/h4H,1H2,(H,5,6);;/q;+1;-1. The Hall–Kier alpha value is 0.646. The first-order valence-corrected chi connectivity index (χ1v) is 1.25. The zero-order valence-electron chi connectivity index (χ0n) is 5.01. The molecule has 0 aromatic rings. The van der Waals surface area contributed by atoms with Crippen LogP contribution in [0.2, 0.25) is 0 Å². The Labute approximate surface area is 84.9 Å². The van der Waals surface area contributed by atoms with E-state index in [1.807, 2.05) is 0 Å². The minimum absolute atomic E-state index is 0. The Kier molecular flexibility index (Phi) is 7.26. The van der Waals surface area contributed by atoms with Gasteiger partial charge in [0.1, 0.15) is 0 Å². The zero-order valence-corrected chi connectivity index (χ0v) is 7.13. The number of carboxylic acids is 1. The maximum atomic E-state index is 9.35. The predicted molar refractivity (Wildman–Crippen MR) is 20.5 cm³/mol. The maximum Gasteiger partial charge on any atom is 1.00 e. The van der Waals surface area contributed by atoms with E-state index in [9.17, 15) is 4.79 Å². The topological polar surface area (TPSA) is 57.5 Å². The van der Waals surface area contributed by atoms with Crippen molar-refractivity contribution in [2.24, 2.45) is 0 Å². The Morgan fingerprint density at radius 2 is 1.71 bits per heavy atom. The van der Waals surface area contributed by atoms with E-state index in [1.54, 1.807) is 0 Å². The van der Waals surface area contributed by atoms with E-state index in [-0.39, 0.29) is 52.8 Å². The van der Waals surface area contributed by atoms with Crippen LogP contribution in [0.5, 0.6) is 0 Å². The van der Waals surface area contributed by atoms with Crippen molar-refractivity contribution in [2.75, 3.05) is 0 Å². The predicted octanol–water partition coefficient (Wildman–Crippen LogP) is -2.74. The van der Waals surface area contributed by atoms with E-state index in [0.29, 0.717) is 0 Å². The van der Waals surface area contributed by atoms with Crippen LogP contribution in [0.15, 0.2) is 12.3 Å². The Morgan fingerprint density at radius 3 is 1.71 bits per heavy atom. The quantitative estimate of drug-likeness (QED) is 0.229. The summed E-state index contributed by atoms with van der Waals surface area (Å²) in [6.45, 7) is 2.71. The molecule has 4 heteroatoms. The van der Waals surface area contributed by atoms with Gasteiger partial charge in [-0.05, 0) is 6.58 Å². The molecule has 2 N–H and O–H groups in total. The third kappa shape index (κ3) is 6.65. The maximum absolute atomic E-state index is 9.35. The largest absolute Gasteiger partial charge is 1.00 e. The molecule has 0 aliphatic carbocycles. The van der Waals surface area contributed by atoms with Crippen molar-refractivity contribution >= 4 is 5.97 Å². The third-order valence-corrected chi connectivity index (χ3v) is 0.247. The second kappa shape index (κ2) is 4.80. The molecule has 0 radical (unpaired) electrons. The van der Waals surface area contributed by atoms with Gasteiger partial charge in [0.05, 0.1) is 0 Å². The van der Waals surface area contributed by atoms with Crippen LogP contribution in [0.4, 0.5) is 0 Å². The van der Waals surface area contributed by atoms with Crippen LogP contribution in [0.3, 0.4) is 0 Å². The van der Waals surface area contributed by atoms with Crippen molar-refractivity contribution in [1.29, 1.82) is 0 Å². The molecule has 0 atom stereocenters. The first-order chi connectivity index (χ1) is 2.64. The fourth-order valence-corrected chi connectivity index (χ4v) is 0. The average molecular weight is 128 g/mol. The fourth-order valence-electron chi connectivity index (χ4n) is 0. The Bertz CT molecular complexity index is 80.5. The van der Waals surface area contributed by atoms with Crippen LogP contribution >= 0.6 is 0 Å². The Balaban J connectivity index is -0.000000125. The number of hydrogen-bond donors (Lipinski definition) is 2. The third-order valence-electron chi connectivity index (χ3n) is 0.247. The van der Waals surface area contributed by atoms with E-state index >= 15 is 0 Å². The van der Waals surface area contributed by atoms with Gasteiger partial charge in [0.2, 0.25) is 0 Å². The number of rotatable bonds is 1.